The molecule has 2 atom stereocenters. The molecule has 0 fully saturated rings. The Kier molecular flexibility index (Phi) is 4.13. The molecule has 0 saturated carbocycles. The molecule has 1 aromatic heterocycles. The summed E-state index contributed by atoms with van der Waals surface area (Å²) in [5.41, 5.74) is 3.64. The molecule has 5 nitrogen and oxygen atoms in total. The molecule has 2 unspecified atom stereocenters. The molecule has 2 amide bonds. The van der Waals surface area contributed by atoms with E-state index in [0.717, 1.165) is 41.8 Å². The van der Waals surface area contributed by atoms with Crippen LogP contribution in [0.3, 0.4) is 0 Å². The summed E-state index contributed by atoms with van der Waals surface area (Å²) in [5, 5.41) is 8.37. The van der Waals surface area contributed by atoms with Crippen molar-refractivity contribution in [1.29, 1.82) is 0 Å². The highest BCUT2D eigenvalue weighted by atomic mass is 32.1. The van der Waals surface area contributed by atoms with Crippen molar-refractivity contribution in [2.24, 2.45) is 5.92 Å². The second kappa shape index (κ2) is 6.44. The van der Waals surface area contributed by atoms with Gasteiger partial charge >= 0.3 is 0 Å². The number of fused-ring (bicyclic) bond motifs is 1. The Labute approximate surface area is 150 Å². The normalized spacial score (nSPS) is 21.7. The first-order chi connectivity index (χ1) is 12.1. The Morgan fingerprint density at radius 2 is 2.24 bits per heavy atom. The van der Waals surface area contributed by atoms with Gasteiger partial charge in [-0.3, -0.25) is 9.59 Å². The predicted octanol–water partition coefficient (Wildman–Crippen LogP) is 4.16. The third-order valence-corrected chi connectivity index (χ3v) is 5.60. The van der Waals surface area contributed by atoms with Crippen LogP contribution in [-0.4, -0.2) is 16.8 Å². The van der Waals surface area contributed by atoms with E-state index in [-0.39, 0.29) is 23.7 Å². The highest BCUT2D eigenvalue weighted by Gasteiger charge is 2.27. The van der Waals surface area contributed by atoms with Crippen LogP contribution in [0.5, 0.6) is 0 Å². The number of allylic oxidation sites excluding steroid dienone is 2. The van der Waals surface area contributed by atoms with Crippen molar-refractivity contribution >= 4 is 34.0 Å². The van der Waals surface area contributed by atoms with E-state index in [1.165, 1.54) is 11.3 Å². The Morgan fingerprint density at radius 3 is 3.04 bits per heavy atom. The molecule has 0 radical (unpaired) electrons. The number of rotatable bonds is 3. The summed E-state index contributed by atoms with van der Waals surface area (Å²) in [7, 11) is 0. The van der Waals surface area contributed by atoms with Gasteiger partial charge in [0.1, 0.15) is 0 Å². The second-order valence-corrected chi connectivity index (χ2v) is 7.38. The van der Waals surface area contributed by atoms with E-state index < -0.39 is 0 Å². The molecule has 0 saturated heterocycles. The molecule has 1 aliphatic heterocycles. The Morgan fingerprint density at radius 1 is 1.36 bits per heavy atom. The van der Waals surface area contributed by atoms with Crippen LogP contribution in [0, 0.1) is 5.92 Å². The molecule has 0 spiro atoms. The summed E-state index contributed by atoms with van der Waals surface area (Å²) in [5.74, 6) is -0.0371. The molecule has 128 valence electrons. The molecule has 4 rings (SSSR count). The van der Waals surface area contributed by atoms with Gasteiger partial charge in [0.05, 0.1) is 11.6 Å². The lowest BCUT2D eigenvalue weighted by molar-refractivity contribution is -0.120. The molecule has 2 aromatic rings. The molecule has 0 bridgehead atoms. The molecule has 6 heteroatoms. The van der Waals surface area contributed by atoms with Crippen molar-refractivity contribution < 1.29 is 9.59 Å². The van der Waals surface area contributed by atoms with Gasteiger partial charge in [-0.2, -0.15) is 0 Å². The number of anilines is 2. The van der Waals surface area contributed by atoms with Gasteiger partial charge in [0.2, 0.25) is 11.8 Å². The predicted molar refractivity (Wildman–Crippen MR) is 99.7 cm³/mol. The number of nitrogens with one attached hydrogen (secondary N) is 2. The minimum absolute atomic E-state index is 0.0277. The standard InChI is InChI=1S/C19H19N3O2S/c1-11-14-9-13(7-8-15(14)20-17(11)23)16-10-25-19(21-16)22-18(24)12-5-3-2-4-6-12/h2-3,7-12H,4-6H2,1H3,(H,20,23)(H,21,22,24). The van der Waals surface area contributed by atoms with Gasteiger partial charge in [0.25, 0.3) is 0 Å². The van der Waals surface area contributed by atoms with E-state index in [1.54, 1.807) is 0 Å². The monoisotopic (exact) mass is 353 g/mol. The summed E-state index contributed by atoms with van der Waals surface area (Å²) in [6.45, 7) is 1.90. The topological polar surface area (TPSA) is 71.1 Å². The maximum Gasteiger partial charge on any atom is 0.231 e. The quantitative estimate of drug-likeness (QED) is 0.814. The Balaban J connectivity index is 1.51. The molecule has 25 heavy (non-hydrogen) atoms. The smallest absolute Gasteiger partial charge is 0.231 e. The lowest BCUT2D eigenvalue weighted by Crippen LogP contribution is -2.23. The zero-order chi connectivity index (χ0) is 17.4. The maximum atomic E-state index is 12.3. The van der Waals surface area contributed by atoms with Crippen molar-refractivity contribution in [3.63, 3.8) is 0 Å². The van der Waals surface area contributed by atoms with Crippen LogP contribution >= 0.6 is 11.3 Å². The number of hydrogen-bond acceptors (Lipinski definition) is 4. The van der Waals surface area contributed by atoms with Crippen molar-refractivity contribution in [3.8, 4) is 11.3 Å². The van der Waals surface area contributed by atoms with Gasteiger partial charge in [-0.05, 0) is 43.9 Å². The van der Waals surface area contributed by atoms with Crippen molar-refractivity contribution in [3.05, 3.63) is 41.3 Å². The highest BCUT2D eigenvalue weighted by Crippen LogP contribution is 2.36. The number of thiazole rings is 1. The maximum absolute atomic E-state index is 12.3. The summed E-state index contributed by atoms with van der Waals surface area (Å²) >= 11 is 1.43. The fourth-order valence-corrected chi connectivity index (χ4v) is 4.00. The summed E-state index contributed by atoms with van der Waals surface area (Å²) < 4.78 is 0. The highest BCUT2D eigenvalue weighted by molar-refractivity contribution is 7.14. The van der Waals surface area contributed by atoms with Crippen LogP contribution in [0.25, 0.3) is 11.3 Å². The van der Waals surface area contributed by atoms with Crippen molar-refractivity contribution in [2.45, 2.75) is 32.1 Å². The van der Waals surface area contributed by atoms with E-state index in [2.05, 4.69) is 27.8 Å². The molecule has 2 aliphatic rings. The summed E-state index contributed by atoms with van der Waals surface area (Å²) in [4.78, 5) is 28.6. The third kappa shape index (κ3) is 3.09. The average molecular weight is 353 g/mol. The number of nitrogens with zero attached hydrogens (tertiary/aromatic N) is 1. The zero-order valence-corrected chi connectivity index (χ0v) is 14.7. The molecule has 1 aromatic carbocycles. The summed E-state index contributed by atoms with van der Waals surface area (Å²) in [6.07, 6.45) is 6.85. The van der Waals surface area contributed by atoms with Gasteiger partial charge in [0.15, 0.2) is 5.13 Å². The SMILES string of the molecule is CC1C(=O)Nc2ccc(-c3csc(NC(=O)C4CC=CCC4)n3)cc21. The molecular weight excluding hydrogens is 334 g/mol. The Bertz CT molecular complexity index is 871. The van der Waals surface area contributed by atoms with E-state index in [0.29, 0.717) is 5.13 Å². The van der Waals surface area contributed by atoms with Crippen LogP contribution in [0.1, 0.15) is 37.7 Å². The second-order valence-electron chi connectivity index (χ2n) is 6.52. The van der Waals surface area contributed by atoms with E-state index in [4.69, 9.17) is 0 Å². The van der Waals surface area contributed by atoms with Gasteiger partial charge in [-0.15, -0.1) is 11.3 Å². The molecule has 2 N–H and O–H groups in total. The van der Waals surface area contributed by atoms with Gasteiger partial charge in [-0.25, -0.2) is 4.98 Å². The first-order valence-electron chi connectivity index (χ1n) is 8.48. The van der Waals surface area contributed by atoms with Crippen LogP contribution in [0.15, 0.2) is 35.7 Å². The fraction of sp³-hybridized carbons (Fsp3) is 0.316. The van der Waals surface area contributed by atoms with Crippen LogP contribution in [-0.2, 0) is 9.59 Å². The largest absolute Gasteiger partial charge is 0.325 e. The van der Waals surface area contributed by atoms with E-state index in [9.17, 15) is 9.59 Å². The van der Waals surface area contributed by atoms with Crippen molar-refractivity contribution in [2.75, 3.05) is 10.6 Å². The fourth-order valence-electron chi connectivity index (χ4n) is 3.28. The zero-order valence-electron chi connectivity index (χ0n) is 13.9. The minimum atomic E-state index is -0.146. The first kappa shape index (κ1) is 16.0. The minimum Gasteiger partial charge on any atom is -0.325 e. The van der Waals surface area contributed by atoms with Gasteiger partial charge < -0.3 is 10.6 Å². The molecule has 1 aliphatic carbocycles. The lowest BCUT2D eigenvalue weighted by Gasteiger charge is -2.15. The van der Waals surface area contributed by atoms with Crippen LogP contribution in [0.4, 0.5) is 10.8 Å². The van der Waals surface area contributed by atoms with E-state index >= 15 is 0 Å². The number of hydrogen-bond donors (Lipinski definition) is 2. The lowest BCUT2D eigenvalue weighted by atomic mass is 9.94. The van der Waals surface area contributed by atoms with E-state index in [1.807, 2.05) is 30.5 Å². The molecule has 2 heterocycles. The van der Waals surface area contributed by atoms with Crippen LogP contribution < -0.4 is 10.6 Å². The van der Waals surface area contributed by atoms with Crippen molar-refractivity contribution in [1.82, 2.24) is 4.98 Å². The number of benzene rings is 1. The third-order valence-electron chi connectivity index (χ3n) is 4.84. The number of carbonyl (C=O) groups excluding carboxylic acids is 2. The molecular formula is C19H19N3O2S. The number of carbonyl (C=O) groups is 2. The Hall–Kier alpha value is -2.47. The summed E-state index contributed by atoms with van der Waals surface area (Å²) in [6, 6.07) is 5.87. The first-order valence-corrected chi connectivity index (χ1v) is 9.36. The van der Waals surface area contributed by atoms with Gasteiger partial charge in [0, 0.05) is 22.5 Å². The number of aromatic nitrogens is 1. The number of amides is 2. The van der Waals surface area contributed by atoms with Crippen LogP contribution in [0.2, 0.25) is 0 Å². The average Bonchev–Trinajstić information content (AvgIpc) is 3.21. The van der Waals surface area contributed by atoms with Gasteiger partial charge in [-0.1, -0.05) is 18.2 Å².